The number of aldehydes is 1. The van der Waals surface area contributed by atoms with Crippen LogP contribution in [-0.2, 0) is 21.0 Å². The molecule has 0 saturated heterocycles. The Morgan fingerprint density at radius 1 is 1.18 bits per heavy atom. The second-order valence-corrected chi connectivity index (χ2v) is 17.5. The number of para-hydroxylation sites is 1. The van der Waals surface area contributed by atoms with Gasteiger partial charge in [0, 0.05) is 45.6 Å². The summed E-state index contributed by atoms with van der Waals surface area (Å²) in [6, 6.07) is 8.58. The topological polar surface area (TPSA) is 94.5 Å². The van der Waals surface area contributed by atoms with Gasteiger partial charge < -0.3 is 29.5 Å². The highest BCUT2D eigenvalue weighted by molar-refractivity contribution is 6.76. The Balaban J connectivity index is 2.45. The zero-order chi connectivity index (χ0) is 28.3. The van der Waals surface area contributed by atoms with E-state index in [-0.39, 0.29) is 5.92 Å². The number of nitrogens with one attached hydrogen (secondary N) is 2. The van der Waals surface area contributed by atoms with Crippen molar-refractivity contribution in [3.05, 3.63) is 48.4 Å². The van der Waals surface area contributed by atoms with E-state index in [1.54, 1.807) is 0 Å². The van der Waals surface area contributed by atoms with Crippen LogP contribution in [0, 0.1) is 5.92 Å². The Morgan fingerprint density at radius 2 is 1.89 bits per heavy atom. The molecule has 1 aromatic carbocycles. The maximum absolute atomic E-state index is 12.8. The van der Waals surface area contributed by atoms with E-state index in [4.69, 9.17) is 14.5 Å². The van der Waals surface area contributed by atoms with Crippen LogP contribution in [0.25, 0.3) is 11.3 Å². The molecule has 0 aliphatic carbocycles. The fourth-order valence-corrected chi connectivity index (χ4v) is 4.52. The minimum atomic E-state index is -1.24. The molecule has 9 heteroatoms. The molecule has 2 rings (SSSR count). The van der Waals surface area contributed by atoms with E-state index >= 15 is 0 Å². The van der Waals surface area contributed by atoms with Crippen molar-refractivity contribution in [2.75, 3.05) is 19.0 Å². The fourth-order valence-electron chi connectivity index (χ4n) is 3.76. The zero-order valence-corrected chi connectivity index (χ0v) is 25.3. The average Bonchev–Trinajstić information content (AvgIpc) is 3.23. The average molecular weight is 543 g/mol. The number of rotatable bonds is 14. The van der Waals surface area contributed by atoms with Crippen molar-refractivity contribution in [3.8, 4) is 11.3 Å². The lowest BCUT2D eigenvalue weighted by atomic mass is 10.1. The summed E-state index contributed by atoms with van der Waals surface area (Å²) in [6.07, 6.45) is 7.30. The standard InChI is InChI=1S/C29H46N4O4Si/c1-22(16-17-34)12-11-15-25(32-28(35)37-29(2,3)4)27-31-26(23-13-9-10-14-24(23)30-5)20-33(27)21-36-18-19-38(6,7)8/h9-14,17,20,22,25,30H,15-16,18-19,21H2,1-8H3,(H,32,35)/b12-11-/t22?,25-/m0/s1. The summed E-state index contributed by atoms with van der Waals surface area (Å²) in [4.78, 5) is 28.7. The van der Waals surface area contributed by atoms with Crippen molar-refractivity contribution in [1.82, 2.24) is 14.9 Å². The molecular formula is C29H46N4O4Si. The maximum Gasteiger partial charge on any atom is 0.408 e. The SMILES string of the molecule is CNc1ccccc1-c1cn(COCC[Si](C)(C)C)c([C@H](C/C=C\C(C)CC=O)NC(=O)OC(C)(C)C)n1. The van der Waals surface area contributed by atoms with Crippen LogP contribution in [0.5, 0.6) is 0 Å². The third-order valence-corrected chi connectivity index (χ3v) is 7.52. The molecule has 2 atom stereocenters. The first-order valence-corrected chi connectivity index (χ1v) is 17.1. The molecule has 1 amide bonds. The number of carbonyl (C=O) groups excluding carboxylic acids is 2. The summed E-state index contributed by atoms with van der Waals surface area (Å²) < 4.78 is 13.6. The molecule has 1 aromatic heterocycles. The molecule has 0 bridgehead atoms. The number of hydrogen-bond acceptors (Lipinski definition) is 6. The van der Waals surface area contributed by atoms with Crippen LogP contribution in [0.3, 0.4) is 0 Å². The summed E-state index contributed by atoms with van der Waals surface area (Å²) in [5, 5.41) is 6.25. The van der Waals surface area contributed by atoms with Gasteiger partial charge in [0.2, 0.25) is 0 Å². The number of allylic oxidation sites excluding steroid dienone is 1. The first-order valence-electron chi connectivity index (χ1n) is 13.3. The van der Waals surface area contributed by atoms with Gasteiger partial charge in [0.1, 0.15) is 24.4 Å². The molecule has 2 N–H and O–H groups in total. The molecule has 0 radical (unpaired) electrons. The number of amides is 1. The molecule has 0 saturated carbocycles. The predicted molar refractivity (Wildman–Crippen MR) is 157 cm³/mol. The Labute approximate surface area is 229 Å². The summed E-state index contributed by atoms with van der Waals surface area (Å²) >= 11 is 0. The van der Waals surface area contributed by atoms with Gasteiger partial charge in [-0.15, -0.1) is 0 Å². The van der Waals surface area contributed by atoms with Gasteiger partial charge in [-0.1, -0.05) is 56.9 Å². The first kappa shape index (κ1) is 31.3. The lowest BCUT2D eigenvalue weighted by Crippen LogP contribution is -2.36. The molecule has 0 spiro atoms. The lowest BCUT2D eigenvalue weighted by Gasteiger charge is -2.23. The van der Waals surface area contributed by atoms with Crippen LogP contribution in [-0.4, -0.2) is 49.3 Å². The smallest absolute Gasteiger partial charge is 0.408 e. The fraction of sp³-hybridized carbons (Fsp3) is 0.552. The molecule has 38 heavy (non-hydrogen) atoms. The largest absolute Gasteiger partial charge is 0.444 e. The summed E-state index contributed by atoms with van der Waals surface area (Å²) in [5.41, 5.74) is 2.08. The highest BCUT2D eigenvalue weighted by Crippen LogP contribution is 2.29. The number of ether oxygens (including phenoxy) is 2. The predicted octanol–water partition coefficient (Wildman–Crippen LogP) is 6.64. The van der Waals surface area contributed by atoms with Crippen LogP contribution in [0.1, 0.15) is 52.4 Å². The van der Waals surface area contributed by atoms with Crippen molar-refractivity contribution < 1.29 is 19.1 Å². The highest BCUT2D eigenvalue weighted by Gasteiger charge is 2.25. The minimum absolute atomic E-state index is 0.109. The molecular weight excluding hydrogens is 496 g/mol. The van der Waals surface area contributed by atoms with Crippen molar-refractivity contribution in [1.29, 1.82) is 0 Å². The van der Waals surface area contributed by atoms with Gasteiger partial charge in [-0.2, -0.15) is 0 Å². The van der Waals surface area contributed by atoms with Crippen LogP contribution < -0.4 is 10.6 Å². The van der Waals surface area contributed by atoms with Gasteiger partial charge in [-0.05, 0) is 45.2 Å². The second kappa shape index (κ2) is 14.3. The summed E-state index contributed by atoms with van der Waals surface area (Å²) in [6.45, 7) is 15.5. The van der Waals surface area contributed by atoms with Gasteiger partial charge in [-0.3, -0.25) is 0 Å². The number of aromatic nitrogens is 2. The van der Waals surface area contributed by atoms with E-state index < -0.39 is 25.8 Å². The normalized spacial score (nSPS) is 13.8. The molecule has 0 aliphatic rings. The number of anilines is 1. The van der Waals surface area contributed by atoms with Gasteiger partial charge >= 0.3 is 6.09 Å². The second-order valence-electron chi connectivity index (χ2n) is 11.8. The summed E-state index contributed by atoms with van der Waals surface area (Å²) in [5.74, 6) is 0.787. The Morgan fingerprint density at radius 3 is 2.53 bits per heavy atom. The van der Waals surface area contributed by atoms with Crippen molar-refractivity contribution in [2.45, 2.75) is 84.6 Å². The minimum Gasteiger partial charge on any atom is -0.444 e. The third-order valence-electron chi connectivity index (χ3n) is 5.81. The molecule has 1 heterocycles. The number of benzene rings is 1. The molecule has 8 nitrogen and oxygen atoms in total. The lowest BCUT2D eigenvalue weighted by molar-refractivity contribution is -0.108. The number of imidazole rings is 1. The van der Waals surface area contributed by atoms with E-state index in [1.165, 1.54) is 0 Å². The molecule has 1 unspecified atom stereocenters. The zero-order valence-electron chi connectivity index (χ0n) is 24.3. The van der Waals surface area contributed by atoms with Crippen molar-refractivity contribution in [2.24, 2.45) is 5.92 Å². The van der Waals surface area contributed by atoms with Gasteiger partial charge in [0.05, 0.1) is 11.7 Å². The van der Waals surface area contributed by atoms with Crippen LogP contribution >= 0.6 is 0 Å². The van der Waals surface area contributed by atoms with Gasteiger partial charge in [0.15, 0.2) is 0 Å². The van der Waals surface area contributed by atoms with Gasteiger partial charge in [-0.25, -0.2) is 9.78 Å². The number of carbonyl (C=O) groups is 2. The Bertz CT molecular complexity index is 1070. The quantitative estimate of drug-likeness (QED) is 0.120. The monoisotopic (exact) mass is 542 g/mol. The third kappa shape index (κ3) is 10.8. The van der Waals surface area contributed by atoms with Crippen LogP contribution in [0.15, 0.2) is 42.6 Å². The van der Waals surface area contributed by atoms with E-state index in [9.17, 15) is 9.59 Å². The van der Waals surface area contributed by atoms with E-state index in [0.29, 0.717) is 32.0 Å². The van der Waals surface area contributed by atoms with Crippen molar-refractivity contribution in [3.63, 3.8) is 0 Å². The van der Waals surface area contributed by atoms with Crippen LogP contribution in [0.4, 0.5) is 10.5 Å². The molecule has 0 aliphatic heterocycles. The molecule has 2 aromatic rings. The van der Waals surface area contributed by atoms with Gasteiger partial charge in [0.25, 0.3) is 0 Å². The van der Waals surface area contributed by atoms with E-state index in [2.05, 4.69) is 30.3 Å². The summed E-state index contributed by atoms with van der Waals surface area (Å²) in [7, 11) is 0.647. The Kier molecular flexibility index (Phi) is 11.8. The molecule has 0 fully saturated rings. The highest BCUT2D eigenvalue weighted by atomic mass is 28.3. The maximum atomic E-state index is 12.8. The Hall–Kier alpha value is -2.91. The van der Waals surface area contributed by atoms with E-state index in [0.717, 1.165) is 29.3 Å². The molecule has 210 valence electrons. The number of nitrogens with zero attached hydrogens (tertiary/aromatic N) is 2. The number of hydrogen-bond donors (Lipinski definition) is 2. The van der Waals surface area contributed by atoms with Crippen molar-refractivity contribution >= 4 is 26.1 Å². The van der Waals surface area contributed by atoms with Crippen LogP contribution in [0.2, 0.25) is 25.7 Å². The number of alkyl carbamates (subject to hydrolysis) is 1. The van der Waals surface area contributed by atoms with E-state index in [1.807, 2.05) is 81.9 Å². The first-order chi connectivity index (χ1) is 17.8.